The molecule has 2 aliphatic carbocycles. The molecule has 5 fully saturated rings. The predicted octanol–water partition coefficient (Wildman–Crippen LogP) is 6.07. The Labute approximate surface area is 325 Å². The topological polar surface area (TPSA) is 155 Å². The van der Waals surface area contributed by atoms with Crippen molar-refractivity contribution in [2.45, 2.75) is 172 Å². The Morgan fingerprint density at radius 1 is 1.02 bits per heavy atom. The molecule has 12 heteroatoms. The largest absolute Gasteiger partial charge is 0.462 e. The molecule has 1 unspecified atom stereocenters. The fourth-order valence-electron chi connectivity index (χ4n) is 10.4. The average Bonchev–Trinajstić information content (AvgIpc) is 3.50. The van der Waals surface area contributed by atoms with Gasteiger partial charge in [-0.2, -0.15) is 0 Å². The molecular formula is C43H63NO11. The number of aliphatic hydroxyl groups is 2. The van der Waals surface area contributed by atoms with Crippen LogP contribution in [0.25, 0.3) is 0 Å². The highest BCUT2D eigenvalue weighted by atomic mass is 16.7. The zero-order valence-corrected chi connectivity index (χ0v) is 33.4. The van der Waals surface area contributed by atoms with E-state index in [1.807, 2.05) is 19.1 Å². The van der Waals surface area contributed by atoms with Crippen LogP contribution in [0.1, 0.15) is 105 Å². The SMILES string of the molecule is CO[C@H]1C[C@H](O[C@@H]2/C(C)=C/C[C@@H]3CC(C[C@]4(CC[C@H](C)[C@@H](C5CCCCC5)O4)O3)OC(=O)[C@@H]3C=C(C)/C(=N/O)[C@H]4OC/C(=C\C=C\[C@@H]2C)[C@]43O)O[C@@H](C)[C@@H]1O. The van der Waals surface area contributed by atoms with E-state index in [4.69, 9.17) is 33.2 Å². The smallest absolute Gasteiger partial charge is 0.316 e. The van der Waals surface area contributed by atoms with Gasteiger partial charge in [0.15, 0.2) is 12.1 Å². The molecule has 5 aliphatic heterocycles. The monoisotopic (exact) mass is 769 g/mol. The maximum Gasteiger partial charge on any atom is 0.316 e. The van der Waals surface area contributed by atoms with Gasteiger partial charge in [-0.05, 0) is 75.0 Å². The molecule has 3 N–H and O–H groups in total. The molecule has 0 aromatic rings. The van der Waals surface area contributed by atoms with E-state index in [1.54, 1.807) is 26.2 Å². The van der Waals surface area contributed by atoms with E-state index in [-0.39, 0.29) is 30.4 Å². The summed E-state index contributed by atoms with van der Waals surface area (Å²) in [6, 6.07) is 0. The lowest BCUT2D eigenvalue weighted by molar-refractivity contribution is -0.342. The van der Waals surface area contributed by atoms with E-state index in [0.29, 0.717) is 55.1 Å². The number of hydrogen-bond donors (Lipinski definition) is 3. The fraction of sp³-hybridized carbons (Fsp3) is 0.767. The molecule has 1 spiro atoms. The molecule has 2 bridgehead atoms. The third-order valence-electron chi connectivity index (χ3n) is 13.6. The minimum atomic E-state index is -1.83. The highest BCUT2D eigenvalue weighted by Gasteiger charge is 2.60. The predicted molar refractivity (Wildman–Crippen MR) is 203 cm³/mol. The van der Waals surface area contributed by atoms with Crippen molar-refractivity contribution >= 4 is 11.7 Å². The van der Waals surface area contributed by atoms with Crippen molar-refractivity contribution in [2.75, 3.05) is 13.7 Å². The van der Waals surface area contributed by atoms with Gasteiger partial charge in [0.05, 0.1) is 37.1 Å². The number of carbonyl (C=O) groups excluding carboxylic acids is 1. The van der Waals surface area contributed by atoms with Crippen molar-refractivity contribution in [3.8, 4) is 0 Å². The summed E-state index contributed by atoms with van der Waals surface area (Å²) < 4.78 is 45.1. The van der Waals surface area contributed by atoms with E-state index in [0.717, 1.165) is 24.8 Å². The maximum absolute atomic E-state index is 14.4. The van der Waals surface area contributed by atoms with Gasteiger partial charge in [0.1, 0.15) is 35.5 Å². The van der Waals surface area contributed by atoms with Gasteiger partial charge in [0, 0.05) is 38.7 Å². The Morgan fingerprint density at radius 2 is 1.80 bits per heavy atom. The summed E-state index contributed by atoms with van der Waals surface area (Å²) >= 11 is 0. The number of nitrogens with zero attached hydrogens (tertiary/aromatic N) is 1. The number of allylic oxidation sites excluding steroid dienone is 2. The van der Waals surface area contributed by atoms with E-state index in [1.165, 1.54) is 19.3 Å². The third kappa shape index (κ3) is 8.17. The van der Waals surface area contributed by atoms with Crippen LogP contribution in [0.15, 0.2) is 52.3 Å². The van der Waals surface area contributed by atoms with Gasteiger partial charge >= 0.3 is 5.97 Å². The zero-order valence-electron chi connectivity index (χ0n) is 33.4. The number of rotatable bonds is 4. The Morgan fingerprint density at radius 3 is 2.55 bits per heavy atom. The molecule has 0 radical (unpaired) electrons. The van der Waals surface area contributed by atoms with Crippen LogP contribution in [0.3, 0.4) is 0 Å². The van der Waals surface area contributed by atoms with Gasteiger partial charge in [0.2, 0.25) is 0 Å². The number of methoxy groups -OCH3 is 1. The highest BCUT2D eigenvalue weighted by Crippen LogP contribution is 2.48. The van der Waals surface area contributed by atoms with Crippen LogP contribution in [0.2, 0.25) is 0 Å². The van der Waals surface area contributed by atoms with Gasteiger partial charge in [0.25, 0.3) is 0 Å². The van der Waals surface area contributed by atoms with Crippen molar-refractivity contribution < 1.29 is 53.4 Å². The quantitative estimate of drug-likeness (QED) is 0.132. The van der Waals surface area contributed by atoms with Crippen LogP contribution >= 0.6 is 0 Å². The summed E-state index contributed by atoms with van der Waals surface area (Å²) in [5.74, 6) is -1.83. The first-order chi connectivity index (χ1) is 26.4. The summed E-state index contributed by atoms with van der Waals surface area (Å²) in [5, 5.41) is 36.7. The lowest BCUT2D eigenvalue weighted by Gasteiger charge is -2.51. The summed E-state index contributed by atoms with van der Waals surface area (Å²) in [6.07, 6.45) is 14.4. The molecular weight excluding hydrogens is 706 g/mol. The molecule has 1 saturated carbocycles. The molecule has 0 aromatic carbocycles. The lowest BCUT2D eigenvalue weighted by Crippen LogP contribution is -2.57. The second-order valence-electron chi connectivity index (χ2n) is 17.4. The number of carbonyl (C=O) groups is 1. The molecule has 4 saturated heterocycles. The van der Waals surface area contributed by atoms with Crippen molar-refractivity contribution in [1.29, 1.82) is 0 Å². The van der Waals surface area contributed by atoms with Gasteiger partial charge in [-0.15, -0.1) is 0 Å². The minimum absolute atomic E-state index is 0.0359. The standard InChI is InChI=1S/C43H63NO11/c1-24-11-10-14-30-23-50-40-36(44-48)27(4)19-33(43(30,40)47)41(46)52-32-20-31(16-15-25(2)38(24)53-35-21-34(49-6)37(45)28(5)51-35)54-42(22-32)18-17-26(3)39(55-42)29-12-8-7-9-13-29/h10-11,14-15,19,24,26,28-29,31-35,37-40,45,47-48H,7-9,12-13,16-18,20-23H2,1-6H3/b11-10+,25-15+,30-14+,44-36-/t24-,26-,28-,31+,32?,33-,34-,35-,37-,38-,39-,40+,42+,43+/m0/s1. The van der Waals surface area contributed by atoms with Crippen LogP contribution in [0.4, 0.5) is 0 Å². The van der Waals surface area contributed by atoms with Gasteiger partial charge in [-0.3, -0.25) is 4.79 Å². The van der Waals surface area contributed by atoms with Crippen LogP contribution < -0.4 is 0 Å². The highest BCUT2D eigenvalue weighted by molar-refractivity contribution is 6.06. The normalized spacial score (nSPS) is 47.9. The number of ether oxygens (including phenoxy) is 7. The lowest BCUT2D eigenvalue weighted by atomic mass is 9.71. The van der Waals surface area contributed by atoms with Crippen molar-refractivity contribution in [1.82, 2.24) is 0 Å². The second-order valence-corrected chi connectivity index (χ2v) is 17.4. The second kappa shape index (κ2) is 16.8. The molecule has 5 heterocycles. The number of oxime groups is 1. The van der Waals surface area contributed by atoms with Crippen LogP contribution in [-0.2, 0) is 38.0 Å². The van der Waals surface area contributed by atoms with E-state index in [2.05, 4.69) is 32.0 Å². The maximum atomic E-state index is 14.4. The summed E-state index contributed by atoms with van der Waals surface area (Å²) in [4.78, 5) is 14.4. The van der Waals surface area contributed by atoms with Gasteiger partial charge in [-0.25, -0.2) is 0 Å². The van der Waals surface area contributed by atoms with Crippen LogP contribution in [-0.4, -0.2) is 107 Å². The van der Waals surface area contributed by atoms with Crippen LogP contribution in [0, 0.1) is 23.7 Å². The van der Waals surface area contributed by atoms with E-state index < -0.39 is 66.2 Å². The molecule has 12 nitrogen and oxygen atoms in total. The number of hydrogen-bond acceptors (Lipinski definition) is 12. The summed E-state index contributed by atoms with van der Waals surface area (Å²) in [5.41, 5.74) is 0.362. The zero-order chi connectivity index (χ0) is 39.1. The van der Waals surface area contributed by atoms with Crippen LogP contribution in [0.5, 0.6) is 0 Å². The third-order valence-corrected chi connectivity index (χ3v) is 13.6. The van der Waals surface area contributed by atoms with Gasteiger partial charge in [-0.1, -0.05) is 68.6 Å². The Kier molecular flexibility index (Phi) is 12.5. The molecule has 0 aromatic heterocycles. The average molecular weight is 770 g/mol. The molecule has 306 valence electrons. The summed E-state index contributed by atoms with van der Waals surface area (Å²) in [7, 11) is 1.59. The molecule has 55 heavy (non-hydrogen) atoms. The first kappa shape index (κ1) is 40.8. The Bertz CT molecular complexity index is 1550. The molecule has 0 amide bonds. The number of esters is 1. The molecule has 14 atom stereocenters. The number of fused-ring (bicyclic) bond motifs is 2. The fourth-order valence-corrected chi connectivity index (χ4v) is 10.4. The van der Waals surface area contributed by atoms with Crippen molar-refractivity contribution in [2.24, 2.45) is 28.8 Å². The van der Waals surface area contributed by atoms with Crippen molar-refractivity contribution in [3.05, 3.63) is 47.1 Å². The Balaban J connectivity index is 1.25. The molecule has 7 aliphatic rings. The number of aliphatic hydroxyl groups excluding tert-OH is 1. The van der Waals surface area contributed by atoms with E-state index >= 15 is 0 Å². The minimum Gasteiger partial charge on any atom is -0.462 e. The Hall–Kier alpha value is -2.42. The molecule has 7 rings (SSSR count). The van der Waals surface area contributed by atoms with E-state index in [9.17, 15) is 20.2 Å². The van der Waals surface area contributed by atoms with Gasteiger partial charge < -0.3 is 48.6 Å². The summed E-state index contributed by atoms with van der Waals surface area (Å²) in [6.45, 7) is 10.0. The van der Waals surface area contributed by atoms with Crippen molar-refractivity contribution in [3.63, 3.8) is 0 Å². The first-order valence-corrected chi connectivity index (χ1v) is 20.7. The first-order valence-electron chi connectivity index (χ1n) is 20.7.